The summed E-state index contributed by atoms with van der Waals surface area (Å²) in [6.45, 7) is 8.73. The molecule has 0 radical (unpaired) electrons. The van der Waals surface area contributed by atoms with Crippen molar-refractivity contribution in [2.45, 2.75) is 46.1 Å². The molecule has 106 valence electrons. The molecule has 0 aliphatic carbocycles. The second-order valence-electron chi connectivity index (χ2n) is 5.65. The van der Waals surface area contributed by atoms with Gasteiger partial charge in [0.25, 0.3) is 0 Å². The van der Waals surface area contributed by atoms with Gasteiger partial charge < -0.3 is 15.4 Å². The number of ether oxygens (including phenoxy) is 1. The molecule has 0 aromatic rings. The Bertz CT molecular complexity index is 255. The van der Waals surface area contributed by atoms with Gasteiger partial charge in [0.15, 0.2) is 0 Å². The van der Waals surface area contributed by atoms with E-state index in [-0.39, 0.29) is 17.4 Å². The van der Waals surface area contributed by atoms with Gasteiger partial charge in [-0.15, -0.1) is 0 Å². The highest BCUT2D eigenvalue weighted by atomic mass is 16.5. The molecular formula is C14H28N2O2. The summed E-state index contributed by atoms with van der Waals surface area (Å²) in [5, 5.41) is 6.50. The van der Waals surface area contributed by atoms with Crippen LogP contribution in [0.15, 0.2) is 0 Å². The lowest BCUT2D eigenvalue weighted by Crippen LogP contribution is -2.50. The highest BCUT2D eigenvalue weighted by Crippen LogP contribution is 2.34. The molecule has 2 atom stereocenters. The summed E-state index contributed by atoms with van der Waals surface area (Å²) in [6, 6.07) is 0.142. The molecule has 2 N–H and O–H groups in total. The Balaban J connectivity index is 2.65. The molecule has 1 aliphatic heterocycles. The van der Waals surface area contributed by atoms with E-state index in [1.165, 1.54) is 0 Å². The van der Waals surface area contributed by atoms with Gasteiger partial charge >= 0.3 is 0 Å². The van der Waals surface area contributed by atoms with Crippen LogP contribution >= 0.6 is 0 Å². The molecule has 1 aliphatic rings. The lowest BCUT2D eigenvalue weighted by atomic mass is 9.75. The first-order valence-electron chi connectivity index (χ1n) is 7.07. The van der Waals surface area contributed by atoms with Crippen LogP contribution in [0.3, 0.4) is 0 Å². The predicted molar refractivity (Wildman–Crippen MR) is 73.5 cm³/mol. The van der Waals surface area contributed by atoms with E-state index < -0.39 is 0 Å². The standard InChI is InChI=1S/C14H28N2O2/c1-5-6-12(9-18-4)16-13(17)14(11(2)3)7-8-15-10-14/h11-12,15H,5-10H2,1-4H3,(H,16,17). The quantitative estimate of drug-likeness (QED) is 0.726. The van der Waals surface area contributed by atoms with Gasteiger partial charge in [-0.25, -0.2) is 0 Å². The Morgan fingerprint density at radius 1 is 1.50 bits per heavy atom. The van der Waals surface area contributed by atoms with Crippen molar-refractivity contribution in [1.29, 1.82) is 0 Å². The van der Waals surface area contributed by atoms with Crippen molar-refractivity contribution in [2.24, 2.45) is 11.3 Å². The Hall–Kier alpha value is -0.610. The second-order valence-corrected chi connectivity index (χ2v) is 5.65. The summed E-state index contributed by atoms with van der Waals surface area (Å²) >= 11 is 0. The van der Waals surface area contributed by atoms with Gasteiger partial charge in [-0.05, 0) is 25.3 Å². The maximum absolute atomic E-state index is 12.6. The minimum atomic E-state index is -0.236. The lowest BCUT2D eigenvalue weighted by molar-refractivity contribution is -0.133. The maximum atomic E-state index is 12.6. The molecule has 1 rings (SSSR count). The topological polar surface area (TPSA) is 50.4 Å². The van der Waals surface area contributed by atoms with E-state index in [0.29, 0.717) is 12.5 Å². The average molecular weight is 256 g/mol. The third-order valence-corrected chi connectivity index (χ3v) is 4.09. The fourth-order valence-electron chi connectivity index (χ4n) is 2.74. The van der Waals surface area contributed by atoms with E-state index >= 15 is 0 Å². The van der Waals surface area contributed by atoms with E-state index in [2.05, 4.69) is 31.4 Å². The zero-order chi connectivity index (χ0) is 13.6. The van der Waals surface area contributed by atoms with Crippen LogP contribution in [0.4, 0.5) is 0 Å². The fraction of sp³-hybridized carbons (Fsp3) is 0.929. The number of hydrogen-bond acceptors (Lipinski definition) is 3. The van der Waals surface area contributed by atoms with Crippen molar-refractivity contribution in [3.05, 3.63) is 0 Å². The zero-order valence-electron chi connectivity index (χ0n) is 12.2. The van der Waals surface area contributed by atoms with Crippen LogP contribution in [0.2, 0.25) is 0 Å². The van der Waals surface area contributed by atoms with E-state index in [9.17, 15) is 4.79 Å². The number of carbonyl (C=O) groups is 1. The predicted octanol–water partition coefficient (Wildman–Crippen LogP) is 1.55. The first kappa shape index (κ1) is 15.4. The van der Waals surface area contributed by atoms with Crippen molar-refractivity contribution in [2.75, 3.05) is 26.8 Å². The summed E-state index contributed by atoms with van der Waals surface area (Å²) in [7, 11) is 1.68. The van der Waals surface area contributed by atoms with Crippen molar-refractivity contribution in [3.8, 4) is 0 Å². The molecular weight excluding hydrogens is 228 g/mol. The number of carbonyl (C=O) groups excluding carboxylic acids is 1. The first-order valence-corrected chi connectivity index (χ1v) is 7.07. The summed E-state index contributed by atoms with van der Waals surface area (Å²) in [4.78, 5) is 12.6. The number of nitrogens with one attached hydrogen (secondary N) is 2. The molecule has 1 saturated heterocycles. The monoisotopic (exact) mass is 256 g/mol. The zero-order valence-corrected chi connectivity index (χ0v) is 12.2. The number of rotatable bonds is 7. The summed E-state index contributed by atoms with van der Waals surface area (Å²) in [5.41, 5.74) is -0.236. The second kappa shape index (κ2) is 7.10. The summed E-state index contributed by atoms with van der Waals surface area (Å²) < 4.78 is 5.18. The minimum absolute atomic E-state index is 0.142. The molecule has 0 aromatic heterocycles. The van der Waals surface area contributed by atoms with E-state index in [4.69, 9.17) is 4.74 Å². The van der Waals surface area contributed by atoms with Crippen molar-refractivity contribution in [1.82, 2.24) is 10.6 Å². The molecule has 2 unspecified atom stereocenters. The number of methoxy groups -OCH3 is 1. The van der Waals surface area contributed by atoms with Crippen LogP contribution in [0, 0.1) is 11.3 Å². The lowest BCUT2D eigenvalue weighted by Gasteiger charge is -2.33. The van der Waals surface area contributed by atoms with E-state index in [0.717, 1.165) is 32.4 Å². The number of amides is 1. The molecule has 4 nitrogen and oxygen atoms in total. The largest absolute Gasteiger partial charge is 0.383 e. The molecule has 4 heteroatoms. The van der Waals surface area contributed by atoms with Crippen LogP contribution in [0.5, 0.6) is 0 Å². The number of hydrogen-bond donors (Lipinski definition) is 2. The van der Waals surface area contributed by atoms with Gasteiger partial charge in [0.1, 0.15) is 0 Å². The van der Waals surface area contributed by atoms with Crippen LogP contribution in [-0.4, -0.2) is 38.8 Å². The van der Waals surface area contributed by atoms with Crippen LogP contribution in [0.1, 0.15) is 40.0 Å². The highest BCUT2D eigenvalue weighted by molar-refractivity contribution is 5.83. The molecule has 18 heavy (non-hydrogen) atoms. The molecule has 0 aromatic carbocycles. The molecule has 0 saturated carbocycles. The van der Waals surface area contributed by atoms with Crippen molar-refractivity contribution < 1.29 is 9.53 Å². The van der Waals surface area contributed by atoms with Gasteiger partial charge in [-0.1, -0.05) is 27.2 Å². The molecule has 0 spiro atoms. The molecule has 0 bridgehead atoms. The van der Waals surface area contributed by atoms with Crippen molar-refractivity contribution >= 4 is 5.91 Å². The SMILES string of the molecule is CCCC(COC)NC(=O)C1(C(C)C)CCNC1. The van der Waals surface area contributed by atoms with Crippen LogP contribution in [-0.2, 0) is 9.53 Å². The Kier molecular flexibility index (Phi) is 6.09. The summed E-state index contributed by atoms with van der Waals surface area (Å²) in [6.07, 6.45) is 2.96. The van der Waals surface area contributed by atoms with Crippen molar-refractivity contribution in [3.63, 3.8) is 0 Å². The smallest absolute Gasteiger partial charge is 0.228 e. The highest BCUT2D eigenvalue weighted by Gasteiger charge is 2.44. The summed E-state index contributed by atoms with van der Waals surface area (Å²) in [5.74, 6) is 0.551. The first-order chi connectivity index (χ1) is 8.56. The van der Waals surface area contributed by atoms with Gasteiger partial charge in [0.2, 0.25) is 5.91 Å². The average Bonchev–Trinajstić information content (AvgIpc) is 2.79. The van der Waals surface area contributed by atoms with Crippen LogP contribution < -0.4 is 10.6 Å². The van der Waals surface area contributed by atoms with E-state index in [1.54, 1.807) is 7.11 Å². The normalized spacial score (nSPS) is 25.4. The van der Waals surface area contributed by atoms with Crippen LogP contribution in [0.25, 0.3) is 0 Å². The third kappa shape index (κ3) is 3.45. The van der Waals surface area contributed by atoms with Gasteiger partial charge in [-0.3, -0.25) is 4.79 Å². The maximum Gasteiger partial charge on any atom is 0.228 e. The molecule has 1 fully saturated rings. The van der Waals surface area contributed by atoms with Gasteiger partial charge in [0.05, 0.1) is 18.1 Å². The minimum Gasteiger partial charge on any atom is -0.383 e. The fourth-order valence-corrected chi connectivity index (χ4v) is 2.74. The molecule has 1 heterocycles. The molecule has 1 amide bonds. The van der Waals surface area contributed by atoms with Gasteiger partial charge in [-0.2, -0.15) is 0 Å². The Morgan fingerprint density at radius 3 is 2.67 bits per heavy atom. The Labute approximate surface area is 111 Å². The van der Waals surface area contributed by atoms with E-state index in [1.807, 2.05) is 0 Å². The third-order valence-electron chi connectivity index (χ3n) is 4.09. The Morgan fingerprint density at radius 2 is 2.22 bits per heavy atom. The van der Waals surface area contributed by atoms with Gasteiger partial charge in [0, 0.05) is 13.7 Å².